The summed E-state index contributed by atoms with van der Waals surface area (Å²) in [5.74, 6) is -0.0574. The van der Waals surface area contributed by atoms with Crippen LogP contribution in [0.2, 0.25) is 0 Å². The first-order valence-electron chi connectivity index (χ1n) is 7.91. The van der Waals surface area contributed by atoms with Crippen LogP contribution in [-0.2, 0) is 20.9 Å². The number of carbonyl (C=O) groups is 2. The van der Waals surface area contributed by atoms with E-state index in [1.165, 1.54) is 0 Å². The molecule has 0 N–H and O–H groups in total. The van der Waals surface area contributed by atoms with Crippen molar-refractivity contribution in [3.05, 3.63) is 54.1 Å². The van der Waals surface area contributed by atoms with Crippen LogP contribution in [0, 0.1) is 0 Å². The first-order chi connectivity index (χ1) is 11.7. The third kappa shape index (κ3) is 5.08. The summed E-state index contributed by atoms with van der Waals surface area (Å²) in [7, 11) is 0. The Bertz CT molecular complexity index is 814. The van der Waals surface area contributed by atoms with Gasteiger partial charge in [-0.3, -0.25) is 0 Å². The molecule has 0 aliphatic rings. The monoisotopic (exact) mass is 342 g/mol. The van der Waals surface area contributed by atoms with E-state index in [1.54, 1.807) is 39.8 Å². The number of fused-ring (bicyclic) bond motifs is 1. The Morgan fingerprint density at radius 1 is 1.04 bits per heavy atom. The minimum atomic E-state index is -0.765. The highest BCUT2D eigenvalue weighted by molar-refractivity contribution is 5.92. The van der Waals surface area contributed by atoms with Crippen LogP contribution >= 0.6 is 0 Å². The molecule has 0 heterocycles. The maximum Gasteiger partial charge on any atom is 0.514 e. The average molecular weight is 342 g/mol. The van der Waals surface area contributed by atoms with E-state index in [4.69, 9.17) is 14.2 Å². The van der Waals surface area contributed by atoms with Gasteiger partial charge in [-0.1, -0.05) is 36.9 Å². The van der Waals surface area contributed by atoms with Crippen molar-refractivity contribution in [2.45, 2.75) is 39.9 Å². The molecule has 2 rings (SSSR count). The molecule has 0 saturated carbocycles. The Labute approximate surface area is 147 Å². The standard InChI is InChI=1S/C20H22O5/c1-13(2)18(21)23-12-14-8-6-10-16-15(14)9-7-11-17(16)24-19(22)25-20(3,4)5/h6-11H,1,12H2,2-5H3. The fourth-order valence-electron chi connectivity index (χ4n) is 2.19. The quantitative estimate of drug-likeness (QED) is 0.455. The maximum atomic E-state index is 11.9. The van der Waals surface area contributed by atoms with Gasteiger partial charge in [-0.2, -0.15) is 0 Å². The van der Waals surface area contributed by atoms with E-state index in [2.05, 4.69) is 6.58 Å². The molecule has 0 atom stereocenters. The second kappa shape index (κ2) is 7.38. The van der Waals surface area contributed by atoms with Crippen LogP contribution in [0.15, 0.2) is 48.6 Å². The number of hydrogen-bond acceptors (Lipinski definition) is 5. The molecular weight excluding hydrogens is 320 g/mol. The van der Waals surface area contributed by atoms with Crippen molar-refractivity contribution >= 4 is 22.9 Å². The first-order valence-corrected chi connectivity index (χ1v) is 7.91. The lowest BCUT2D eigenvalue weighted by atomic mass is 10.0. The van der Waals surface area contributed by atoms with Gasteiger partial charge in [-0.05, 0) is 44.7 Å². The molecule has 0 saturated heterocycles. The van der Waals surface area contributed by atoms with Crippen molar-refractivity contribution in [3.8, 4) is 5.75 Å². The van der Waals surface area contributed by atoms with Gasteiger partial charge in [0.15, 0.2) is 0 Å². The molecule has 5 nitrogen and oxygen atoms in total. The zero-order valence-corrected chi connectivity index (χ0v) is 14.9. The van der Waals surface area contributed by atoms with Crippen molar-refractivity contribution in [2.24, 2.45) is 0 Å². The predicted molar refractivity (Wildman–Crippen MR) is 95.4 cm³/mol. The molecule has 0 bridgehead atoms. The Morgan fingerprint density at radius 2 is 1.68 bits per heavy atom. The molecular formula is C20H22O5. The maximum absolute atomic E-state index is 11.9. The van der Waals surface area contributed by atoms with Crippen LogP contribution in [0.1, 0.15) is 33.3 Å². The van der Waals surface area contributed by atoms with Crippen molar-refractivity contribution in [1.82, 2.24) is 0 Å². The summed E-state index contributed by atoms with van der Waals surface area (Å²) >= 11 is 0. The smallest absolute Gasteiger partial charge is 0.457 e. The lowest BCUT2D eigenvalue weighted by Crippen LogP contribution is -2.26. The Balaban J connectivity index is 2.27. The number of benzene rings is 2. The van der Waals surface area contributed by atoms with Gasteiger partial charge in [0.2, 0.25) is 0 Å². The normalized spacial score (nSPS) is 11.0. The number of rotatable bonds is 4. The molecule has 2 aromatic rings. The Morgan fingerprint density at radius 3 is 2.32 bits per heavy atom. The summed E-state index contributed by atoms with van der Waals surface area (Å²) in [6, 6.07) is 10.8. The average Bonchev–Trinajstić information content (AvgIpc) is 2.51. The van der Waals surface area contributed by atoms with Crippen molar-refractivity contribution < 1.29 is 23.8 Å². The zero-order chi connectivity index (χ0) is 18.6. The van der Waals surface area contributed by atoms with Gasteiger partial charge in [-0.15, -0.1) is 0 Å². The molecule has 0 amide bonds. The second-order valence-corrected chi connectivity index (χ2v) is 6.69. The summed E-state index contributed by atoms with van der Waals surface area (Å²) in [5, 5.41) is 1.57. The van der Waals surface area contributed by atoms with Gasteiger partial charge < -0.3 is 14.2 Å². The molecule has 0 spiro atoms. The van der Waals surface area contributed by atoms with Crippen LogP contribution in [0.4, 0.5) is 4.79 Å². The molecule has 132 valence electrons. The van der Waals surface area contributed by atoms with Crippen LogP contribution < -0.4 is 4.74 Å². The SMILES string of the molecule is C=C(C)C(=O)OCc1cccc2c(OC(=O)OC(C)(C)C)cccc12. The molecule has 0 aliphatic carbocycles. The van der Waals surface area contributed by atoms with Gasteiger partial charge in [0.25, 0.3) is 0 Å². The molecule has 0 radical (unpaired) electrons. The summed E-state index contributed by atoms with van der Waals surface area (Å²) < 4.78 is 15.7. The topological polar surface area (TPSA) is 61.8 Å². The van der Waals surface area contributed by atoms with Crippen LogP contribution in [-0.4, -0.2) is 17.7 Å². The number of ether oxygens (including phenoxy) is 3. The van der Waals surface area contributed by atoms with Gasteiger partial charge >= 0.3 is 12.1 Å². The summed E-state index contributed by atoms with van der Waals surface area (Å²) in [6.07, 6.45) is -0.765. The minimum Gasteiger partial charge on any atom is -0.457 e. The van der Waals surface area contributed by atoms with Crippen molar-refractivity contribution in [3.63, 3.8) is 0 Å². The largest absolute Gasteiger partial charge is 0.514 e. The van der Waals surface area contributed by atoms with Crippen LogP contribution in [0.25, 0.3) is 10.8 Å². The lowest BCUT2D eigenvalue weighted by molar-refractivity contribution is -0.140. The van der Waals surface area contributed by atoms with E-state index in [1.807, 2.05) is 24.3 Å². The van der Waals surface area contributed by atoms with E-state index in [9.17, 15) is 9.59 Å². The molecule has 2 aromatic carbocycles. The third-order valence-electron chi connectivity index (χ3n) is 3.26. The highest BCUT2D eigenvalue weighted by atomic mass is 16.7. The van der Waals surface area contributed by atoms with Crippen LogP contribution in [0.3, 0.4) is 0 Å². The molecule has 0 fully saturated rings. The molecule has 0 aromatic heterocycles. The highest BCUT2D eigenvalue weighted by Crippen LogP contribution is 2.29. The summed E-state index contributed by atoms with van der Waals surface area (Å²) in [4.78, 5) is 23.5. The molecule has 0 unspecified atom stereocenters. The van der Waals surface area contributed by atoms with E-state index in [0.29, 0.717) is 11.3 Å². The zero-order valence-electron chi connectivity index (χ0n) is 14.9. The highest BCUT2D eigenvalue weighted by Gasteiger charge is 2.19. The third-order valence-corrected chi connectivity index (χ3v) is 3.26. The van der Waals surface area contributed by atoms with Crippen molar-refractivity contribution in [1.29, 1.82) is 0 Å². The Hall–Kier alpha value is -2.82. The summed E-state index contributed by atoms with van der Waals surface area (Å²) in [5.41, 5.74) is 0.514. The first kappa shape index (κ1) is 18.5. The van der Waals surface area contributed by atoms with Gasteiger partial charge in [0.05, 0.1) is 0 Å². The van der Waals surface area contributed by atoms with Crippen LogP contribution in [0.5, 0.6) is 5.75 Å². The van der Waals surface area contributed by atoms with E-state index in [-0.39, 0.29) is 6.61 Å². The predicted octanol–water partition coefficient (Wildman–Crippen LogP) is 4.77. The van der Waals surface area contributed by atoms with Crippen molar-refractivity contribution in [2.75, 3.05) is 0 Å². The van der Waals surface area contributed by atoms with E-state index >= 15 is 0 Å². The summed E-state index contributed by atoms with van der Waals surface area (Å²) in [6.45, 7) is 10.6. The molecule has 0 aliphatic heterocycles. The number of carbonyl (C=O) groups excluding carboxylic acids is 2. The molecule has 25 heavy (non-hydrogen) atoms. The second-order valence-electron chi connectivity index (χ2n) is 6.69. The fraction of sp³-hybridized carbons (Fsp3) is 0.300. The molecule has 5 heteroatoms. The number of esters is 1. The van der Waals surface area contributed by atoms with E-state index < -0.39 is 17.7 Å². The van der Waals surface area contributed by atoms with Gasteiger partial charge in [-0.25, -0.2) is 9.59 Å². The minimum absolute atomic E-state index is 0.110. The van der Waals surface area contributed by atoms with Gasteiger partial charge in [0.1, 0.15) is 18.0 Å². The van der Waals surface area contributed by atoms with E-state index in [0.717, 1.165) is 16.3 Å². The number of hydrogen-bond donors (Lipinski definition) is 0. The fourth-order valence-corrected chi connectivity index (χ4v) is 2.19. The Kier molecular flexibility index (Phi) is 5.47. The lowest BCUT2D eigenvalue weighted by Gasteiger charge is -2.19. The van der Waals surface area contributed by atoms with Gasteiger partial charge in [0, 0.05) is 11.0 Å².